The molecule has 0 aromatic heterocycles. The van der Waals surface area contributed by atoms with Crippen LogP contribution in [0.15, 0.2) is 12.1 Å². The topological polar surface area (TPSA) is 76.0 Å². The maximum absolute atomic E-state index is 9.81. The molecular formula is C12H20Cl2N2O3. The number of hydrogen-bond donors (Lipinski definition) is 4. The second kappa shape index (κ2) is 7.65. The second-order valence-corrected chi connectivity index (χ2v) is 4.36. The van der Waals surface area contributed by atoms with Gasteiger partial charge in [-0.3, -0.25) is 4.90 Å². The first kappa shape index (κ1) is 18.1. The highest BCUT2D eigenvalue weighted by Gasteiger charge is 2.23. The summed E-state index contributed by atoms with van der Waals surface area (Å²) in [6.45, 7) is 5.51. The first-order valence-electron chi connectivity index (χ1n) is 5.79. The molecule has 0 unspecified atom stereocenters. The number of phenolic OH excluding ortho intramolecular Hbond substituents is 3. The Morgan fingerprint density at radius 3 is 2.00 bits per heavy atom. The van der Waals surface area contributed by atoms with Crippen LogP contribution in [0.1, 0.15) is 18.5 Å². The van der Waals surface area contributed by atoms with E-state index in [0.29, 0.717) is 5.56 Å². The zero-order valence-corrected chi connectivity index (χ0v) is 12.3. The molecule has 0 spiro atoms. The predicted molar refractivity (Wildman–Crippen MR) is 78.8 cm³/mol. The highest BCUT2D eigenvalue weighted by molar-refractivity contribution is 5.85. The Morgan fingerprint density at radius 2 is 1.53 bits per heavy atom. The van der Waals surface area contributed by atoms with Gasteiger partial charge in [0, 0.05) is 44.4 Å². The van der Waals surface area contributed by atoms with Crippen LogP contribution in [0.2, 0.25) is 0 Å². The third-order valence-electron chi connectivity index (χ3n) is 3.24. The lowest BCUT2D eigenvalue weighted by Crippen LogP contribution is -2.44. The maximum atomic E-state index is 9.81. The Bertz CT molecular complexity index is 389. The summed E-state index contributed by atoms with van der Waals surface area (Å²) in [6, 6.07) is 2.44. The van der Waals surface area contributed by atoms with Crippen LogP contribution in [-0.4, -0.2) is 46.4 Å². The summed E-state index contributed by atoms with van der Waals surface area (Å²) in [4.78, 5) is 2.18. The van der Waals surface area contributed by atoms with Gasteiger partial charge in [-0.2, -0.15) is 0 Å². The molecule has 1 aliphatic rings. The molecule has 19 heavy (non-hydrogen) atoms. The van der Waals surface area contributed by atoms with E-state index < -0.39 is 0 Å². The molecule has 1 aromatic carbocycles. The van der Waals surface area contributed by atoms with Crippen molar-refractivity contribution in [1.82, 2.24) is 10.2 Å². The standard InChI is InChI=1S/C12H18N2O3.2ClH/c1-8(14-4-2-13-3-5-14)12-10(16)6-9(15)7-11(12)17;;/h6-8,13,15-17H,2-5H2,1H3;2*1H/t8-;;/m0../s1. The minimum absolute atomic E-state index is 0. The van der Waals surface area contributed by atoms with Crippen molar-refractivity contribution in [3.05, 3.63) is 17.7 Å². The molecule has 1 aliphatic heterocycles. The Morgan fingerprint density at radius 1 is 1.05 bits per heavy atom. The molecule has 110 valence electrons. The van der Waals surface area contributed by atoms with Crippen molar-refractivity contribution in [3.8, 4) is 17.2 Å². The van der Waals surface area contributed by atoms with Crippen molar-refractivity contribution in [3.63, 3.8) is 0 Å². The van der Waals surface area contributed by atoms with Crippen LogP contribution < -0.4 is 5.32 Å². The summed E-state index contributed by atoms with van der Waals surface area (Å²) < 4.78 is 0. The summed E-state index contributed by atoms with van der Waals surface area (Å²) in [5.41, 5.74) is 0.477. The molecule has 1 aromatic rings. The molecule has 0 bridgehead atoms. The SMILES string of the molecule is C[C@@H](c1c(O)cc(O)cc1O)N1CCNCC1.Cl.Cl. The van der Waals surface area contributed by atoms with Crippen molar-refractivity contribution in [2.24, 2.45) is 0 Å². The molecule has 1 atom stereocenters. The van der Waals surface area contributed by atoms with Crippen molar-refractivity contribution in [2.45, 2.75) is 13.0 Å². The maximum Gasteiger partial charge on any atom is 0.127 e. The van der Waals surface area contributed by atoms with Gasteiger partial charge in [0.05, 0.1) is 5.56 Å². The van der Waals surface area contributed by atoms with Gasteiger partial charge in [-0.05, 0) is 6.92 Å². The molecule has 1 fully saturated rings. The van der Waals surface area contributed by atoms with Crippen LogP contribution in [0, 0.1) is 0 Å². The number of piperazine rings is 1. The number of hydrogen-bond acceptors (Lipinski definition) is 5. The number of aromatic hydroxyl groups is 3. The van der Waals surface area contributed by atoms with Crippen LogP contribution in [0.3, 0.4) is 0 Å². The van der Waals surface area contributed by atoms with E-state index >= 15 is 0 Å². The third kappa shape index (κ3) is 4.04. The van der Waals surface area contributed by atoms with Crippen molar-refractivity contribution in [1.29, 1.82) is 0 Å². The normalized spacial score (nSPS) is 17.1. The average Bonchev–Trinajstić information content (AvgIpc) is 2.28. The third-order valence-corrected chi connectivity index (χ3v) is 3.24. The van der Waals surface area contributed by atoms with Crippen LogP contribution in [0.25, 0.3) is 0 Å². The summed E-state index contributed by atoms with van der Waals surface area (Å²) in [5.74, 6) is -0.252. The van der Waals surface area contributed by atoms with E-state index in [1.54, 1.807) is 0 Å². The molecule has 0 radical (unpaired) electrons. The molecule has 2 rings (SSSR count). The minimum atomic E-state index is -0.128. The molecule has 1 saturated heterocycles. The summed E-state index contributed by atoms with van der Waals surface area (Å²) in [6.07, 6.45) is 0. The predicted octanol–water partition coefficient (Wildman–Crippen LogP) is 1.61. The van der Waals surface area contributed by atoms with E-state index in [4.69, 9.17) is 0 Å². The number of rotatable bonds is 2. The van der Waals surface area contributed by atoms with E-state index in [1.165, 1.54) is 12.1 Å². The zero-order chi connectivity index (χ0) is 12.4. The quantitative estimate of drug-likeness (QED) is 0.668. The molecular weight excluding hydrogens is 291 g/mol. The molecule has 0 saturated carbocycles. The van der Waals surface area contributed by atoms with Gasteiger partial charge in [0.25, 0.3) is 0 Å². The van der Waals surface area contributed by atoms with Gasteiger partial charge in [0.2, 0.25) is 0 Å². The summed E-state index contributed by atoms with van der Waals surface area (Å²) in [5, 5.41) is 32.1. The molecule has 0 amide bonds. The molecule has 0 aliphatic carbocycles. The fourth-order valence-corrected chi connectivity index (χ4v) is 2.29. The number of halogens is 2. The number of phenols is 3. The zero-order valence-electron chi connectivity index (χ0n) is 10.7. The monoisotopic (exact) mass is 310 g/mol. The Kier molecular flexibility index (Phi) is 7.29. The lowest BCUT2D eigenvalue weighted by molar-refractivity contribution is 0.180. The lowest BCUT2D eigenvalue weighted by Gasteiger charge is -2.33. The van der Waals surface area contributed by atoms with Crippen molar-refractivity contribution >= 4 is 24.8 Å². The van der Waals surface area contributed by atoms with Crippen LogP contribution in [0.4, 0.5) is 0 Å². The van der Waals surface area contributed by atoms with Gasteiger partial charge in [0.1, 0.15) is 17.2 Å². The summed E-state index contributed by atoms with van der Waals surface area (Å²) >= 11 is 0. The van der Waals surface area contributed by atoms with Gasteiger partial charge in [0.15, 0.2) is 0 Å². The van der Waals surface area contributed by atoms with Gasteiger partial charge < -0.3 is 20.6 Å². The first-order chi connectivity index (χ1) is 8.09. The van der Waals surface area contributed by atoms with Gasteiger partial charge >= 0.3 is 0 Å². The molecule has 4 N–H and O–H groups in total. The van der Waals surface area contributed by atoms with E-state index in [0.717, 1.165) is 26.2 Å². The Balaban J connectivity index is 0.00000162. The smallest absolute Gasteiger partial charge is 0.127 e. The fraction of sp³-hybridized carbons (Fsp3) is 0.500. The fourth-order valence-electron chi connectivity index (χ4n) is 2.29. The van der Waals surface area contributed by atoms with Gasteiger partial charge in [-0.25, -0.2) is 0 Å². The molecule has 1 heterocycles. The average molecular weight is 311 g/mol. The molecule has 7 heteroatoms. The second-order valence-electron chi connectivity index (χ2n) is 4.36. The lowest BCUT2D eigenvalue weighted by atomic mass is 10.0. The van der Waals surface area contributed by atoms with E-state index in [-0.39, 0.29) is 48.1 Å². The van der Waals surface area contributed by atoms with Crippen molar-refractivity contribution < 1.29 is 15.3 Å². The highest BCUT2D eigenvalue weighted by Crippen LogP contribution is 2.38. The molecule has 5 nitrogen and oxygen atoms in total. The van der Waals surface area contributed by atoms with E-state index in [9.17, 15) is 15.3 Å². The van der Waals surface area contributed by atoms with Crippen LogP contribution >= 0.6 is 24.8 Å². The Labute approximate surface area is 125 Å². The first-order valence-corrected chi connectivity index (χ1v) is 5.79. The van der Waals surface area contributed by atoms with E-state index in [2.05, 4.69) is 10.2 Å². The Hall–Kier alpha value is -0.880. The number of nitrogens with one attached hydrogen (secondary N) is 1. The highest BCUT2D eigenvalue weighted by atomic mass is 35.5. The van der Waals surface area contributed by atoms with Crippen molar-refractivity contribution in [2.75, 3.05) is 26.2 Å². The number of benzene rings is 1. The minimum Gasteiger partial charge on any atom is -0.508 e. The largest absolute Gasteiger partial charge is 0.508 e. The van der Waals surface area contributed by atoms with E-state index in [1.807, 2.05) is 6.92 Å². The van der Waals surface area contributed by atoms with Crippen LogP contribution in [0.5, 0.6) is 17.2 Å². The van der Waals surface area contributed by atoms with Gasteiger partial charge in [-0.1, -0.05) is 0 Å². The van der Waals surface area contributed by atoms with Crippen LogP contribution in [-0.2, 0) is 0 Å². The number of nitrogens with zero attached hydrogens (tertiary/aromatic N) is 1. The summed E-state index contributed by atoms with van der Waals surface area (Å²) in [7, 11) is 0. The van der Waals surface area contributed by atoms with Gasteiger partial charge in [-0.15, -0.1) is 24.8 Å².